The molecule has 0 bridgehead atoms. The largest absolute Gasteiger partial charge is 0.542 e. The average Bonchev–Trinajstić information content (AvgIpc) is 2.17. The third-order valence-electron chi connectivity index (χ3n) is 3.81. The van der Waals surface area contributed by atoms with Gasteiger partial charge in [0.1, 0.15) is 5.75 Å². The first kappa shape index (κ1) is 16.2. The third-order valence-corrected chi connectivity index (χ3v) is 8.15. The van der Waals surface area contributed by atoms with Crippen LogP contribution in [0.15, 0.2) is 18.2 Å². The standard InChI is InChI=1S/C15H25FO2Si/c1-14(2,3)19(6,7)18-13-9-8-11(10-12(13)16)15(4,5)17/h8-10,17H,1-7H3. The summed E-state index contributed by atoms with van der Waals surface area (Å²) in [5.74, 6) is -0.135. The molecule has 1 aromatic rings. The lowest BCUT2D eigenvalue weighted by atomic mass is 9.98. The Morgan fingerprint density at radius 1 is 1.11 bits per heavy atom. The SMILES string of the molecule is CC(C)(O)c1ccc(O[Si](C)(C)C(C)(C)C)c(F)c1. The highest BCUT2D eigenvalue weighted by Gasteiger charge is 2.39. The van der Waals surface area contributed by atoms with Crippen LogP contribution in [-0.4, -0.2) is 13.4 Å². The van der Waals surface area contributed by atoms with Crippen LogP contribution in [0.4, 0.5) is 4.39 Å². The van der Waals surface area contributed by atoms with Crippen LogP contribution in [0.25, 0.3) is 0 Å². The van der Waals surface area contributed by atoms with E-state index in [-0.39, 0.29) is 10.8 Å². The number of aliphatic hydroxyl groups is 1. The number of benzene rings is 1. The van der Waals surface area contributed by atoms with E-state index in [1.54, 1.807) is 26.0 Å². The molecule has 4 heteroatoms. The summed E-state index contributed by atoms with van der Waals surface area (Å²) in [4.78, 5) is 0. The first-order valence-electron chi connectivity index (χ1n) is 6.56. The molecule has 0 amide bonds. The fraction of sp³-hybridized carbons (Fsp3) is 0.600. The monoisotopic (exact) mass is 284 g/mol. The highest BCUT2D eigenvalue weighted by atomic mass is 28.4. The van der Waals surface area contributed by atoms with E-state index in [4.69, 9.17) is 4.43 Å². The van der Waals surface area contributed by atoms with Crippen molar-refractivity contribution in [3.8, 4) is 5.75 Å². The third kappa shape index (κ3) is 3.80. The molecule has 2 nitrogen and oxygen atoms in total. The van der Waals surface area contributed by atoms with Gasteiger partial charge in [-0.25, -0.2) is 4.39 Å². The van der Waals surface area contributed by atoms with Gasteiger partial charge >= 0.3 is 0 Å². The van der Waals surface area contributed by atoms with E-state index in [2.05, 4.69) is 33.9 Å². The zero-order chi connectivity index (χ0) is 15.1. The van der Waals surface area contributed by atoms with Crippen LogP contribution in [0, 0.1) is 5.82 Å². The van der Waals surface area contributed by atoms with E-state index >= 15 is 0 Å². The topological polar surface area (TPSA) is 29.5 Å². The minimum Gasteiger partial charge on any atom is -0.542 e. The van der Waals surface area contributed by atoms with Crippen molar-refractivity contribution >= 4 is 8.32 Å². The number of halogens is 1. The Balaban J connectivity index is 3.06. The number of hydrogen-bond acceptors (Lipinski definition) is 2. The van der Waals surface area contributed by atoms with Crippen LogP contribution in [0.2, 0.25) is 18.1 Å². The van der Waals surface area contributed by atoms with Crippen LogP contribution in [0.5, 0.6) is 5.75 Å². The normalized spacial score (nSPS) is 13.5. The summed E-state index contributed by atoms with van der Waals surface area (Å²) >= 11 is 0. The lowest BCUT2D eigenvalue weighted by Crippen LogP contribution is -2.44. The van der Waals surface area contributed by atoms with Crippen molar-refractivity contribution in [2.24, 2.45) is 0 Å². The molecule has 0 saturated heterocycles. The Morgan fingerprint density at radius 2 is 1.63 bits per heavy atom. The van der Waals surface area contributed by atoms with Crippen LogP contribution < -0.4 is 4.43 Å². The molecule has 19 heavy (non-hydrogen) atoms. The van der Waals surface area contributed by atoms with Crippen LogP contribution >= 0.6 is 0 Å². The number of hydrogen-bond donors (Lipinski definition) is 1. The van der Waals surface area contributed by atoms with Crippen molar-refractivity contribution in [2.45, 2.75) is 58.4 Å². The van der Waals surface area contributed by atoms with Crippen LogP contribution in [0.1, 0.15) is 40.2 Å². The predicted molar refractivity (Wildman–Crippen MR) is 79.5 cm³/mol. The van der Waals surface area contributed by atoms with E-state index in [1.165, 1.54) is 6.07 Å². The van der Waals surface area contributed by atoms with Gasteiger partial charge in [-0.15, -0.1) is 0 Å². The van der Waals surface area contributed by atoms with Gasteiger partial charge in [-0.1, -0.05) is 26.8 Å². The van der Waals surface area contributed by atoms with Gasteiger partial charge in [-0.3, -0.25) is 0 Å². The minimum atomic E-state index is -2.04. The summed E-state index contributed by atoms with van der Waals surface area (Å²) in [6.45, 7) is 13.8. The molecule has 0 atom stereocenters. The fourth-order valence-corrected chi connectivity index (χ4v) is 2.41. The molecule has 1 aromatic carbocycles. The predicted octanol–water partition coefficient (Wildman–Crippen LogP) is 4.44. The first-order chi connectivity index (χ1) is 8.34. The van der Waals surface area contributed by atoms with Crippen molar-refractivity contribution in [3.05, 3.63) is 29.6 Å². The molecule has 1 N–H and O–H groups in total. The summed E-state index contributed by atoms with van der Waals surface area (Å²) in [5, 5.41) is 9.89. The maximum absolute atomic E-state index is 14.1. The Kier molecular flexibility index (Phi) is 4.18. The summed E-state index contributed by atoms with van der Waals surface area (Å²) in [6, 6.07) is 4.68. The average molecular weight is 284 g/mol. The Bertz CT molecular complexity index is 456. The molecule has 0 heterocycles. The lowest BCUT2D eigenvalue weighted by molar-refractivity contribution is 0.0782. The van der Waals surface area contributed by atoms with Crippen molar-refractivity contribution in [3.63, 3.8) is 0 Å². The Hall–Kier alpha value is -0.873. The second kappa shape index (κ2) is 4.91. The second-order valence-electron chi connectivity index (χ2n) is 7.07. The zero-order valence-electron chi connectivity index (χ0n) is 13.0. The maximum Gasteiger partial charge on any atom is 0.250 e. The molecule has 108 valence electrons. The molecule has 0 aliphatic heterocycles. The summed E-state index contributed by atoms with van der Waals surface area (Å²) in [7, 11) is -2.04. The van der Waals surface area contributed by atoms with E-state index in [0.717, 1.165) is 0 Å². The van der Waals surface area contributed by atoms with Gasteiger partial charge in [0.25, 0.3) is 8.32 Å². The molecule has 0 aromatic heterocycles. The molecule has 0 unspecified atom stereocenters. The van der Waals surface area contributed by atoms with Crippen LogP contribution in [0.3, 0.4) is 0 Å². The van der Waals surface area contributed by atoms with Gasteiger partial charge in [0.15, 0.2) is 5.82 Å². The Morgan fingerprint density at radius 3 is 2.00 bits per heavy atom. The molecule has 0 aliphatic rings. The van der Waals surface area contributed by atoms with Crippen molar-refractivity contribution < 1.29 is 13.9 Å². The summed E-state index contributed by atoms with van der Waals surface area (Å²) in [5.41, 5.74) is -0.497. The van der Waals surface area contributed by atoms with Gasteiger partial charge in [-0.05, 0) is 49.7 Å². The molecule has 0 spiro atoms. The molecule has 0 aliphatic carbocycles. The maximum atomic E-state index is 14.1. The van der Waals surface area contributed by atoms with E-state index in [0.29, 0.717) is 5.56 Å². The van der Waals surface area contributed by atoms with Gasteiger partial charge in [0.05, 0.1) is 5.60 Å². The Labute approximate surface area is 116 Å². The highest BCUT2D eigenvalue weighted by Crippen LogP contribution is 2.38. The number of rotatable bonds is 3. The van der Waals surface area contributed by atoms with Gasteiger partial charge in [-0.2, -0.15) is 0 Å². The zero-order valence-corrected chi connectivity index (χ0v) is 14.0. The van der Waals surface area contributed by atoms with Crippen molar-refractivity contribution in [1.29, 1.82) is 0 Å². The minimum absolute atomic E-state index is 0.0222. The summed E-state index contributed by atoms with van der Waals surface area (Å²) in [6.07, 6.45) is 0. The van der Waals surface area contributed by atoms with Gasteiger partial charge in [0.2, 0.25) is 0 Å². The molecule has 1 rings (SSSR count). The fourth-order valence-electron chi connectivity index (χ4n) is 1.39. The summed E-state index contributed by atoms with van der Waals surface area (Å²) < 4.78 is 20.0. The molecule has 0 saturated carbocycles. The molecule has 0 fully saturated rings. The van der Waals surface area contributed by atoms with Crippen LogP contribution in [-0.2, 0) is 5.60 Å². The van der Waals surface area contributed by atoms with Gasteiger partial charge < -0.3 is 9.53 Å². The van der Waals surface area contributed by atoms with E-state index < -0.39 is 19.7 Å². The van der Waals surface area contributed by atoms with Crippen molar-refractivity contribution in [1.82, 2.24) is 0 Å². The first-order valence-corrected chi connectivity index (χ1v) is 9.47. The molecular weight excluding hydrogens is 259 g/mol. The molecule has 0 radical (unpaired) electrons. The smallest absolute Gasteiger partial charge is 0.250 e. The lowest BCUT2D eigenvalue weighted by Gasteiger charge is -2.36. The second-order valence-corrected chi connectivity index (χ2v) is 11.8. The van der Waals surface area contributed by atoms with Gasteiger partial charge in [0, 0.05) is 0 Å². The van der Waals surface area contributed by atoms with E-state index in [9.17, 15) is 9.50 Å². The molecular formula is C15H25FO2Si. The highest BCUT2D eigenvalue weighted by molar-refractivity contribution is 6.74. The van der Waals surface area contributed by atoms with E-state index in [1.807, 2.05) is 0 Å². The quantitative estimate of drug-likeness (QED) is 0.832. The van der Waals surface area contributed by atoms with Crippen molar-refractivity contribution in [2.75, 3.05) is 0 Å².